The lowest BCUT2D eigenvalue weighted by Gasteiger charge is -2.40. The van der Waals surface area contributed by atoms with Gasteiger partial charge >= 0.3 is 6.18 Å². The van der Waals surface area contributed by atoms with Crippen molar-refractivity contribution in [3.8, 4) is 0 Å². The largest absolute Gasteiger partial charge is 0.391 e. The maximum Gasteiger partial charge on any atom is 0.391 e. The van der Waals surface area contributed by atoms with Crippen LogP contribution in [0.1, 0.15) is 44.9 Å². The maximum atomic E-state index is 12.6. The minimum Gasteiger partial charge on any atom is -0.341 e. The van der Waals surface area contributed by atoms with E-state index < -0.39 is 17.6 Å². The molecule has 0 unspecified atom stereocenters. The first-order valence-electron chi connectivity index (χ1n) is 6.98. The molecular weight excluding hydrogens is 293 g/mol. The molecule has 1 aliphatic heterocycles. The Balaban J connectivity index is 0.00000200. The van der Waals surface area contributed by atoms with Gasteiger partial charge in [0.05, 0.1) is 11.5 Å². The molecule has 0 atom stereocenters. The zero-order chi connectivity index (χ0) is 14.1. The molecule has 7 heteroatoms. The third-order valence-corrected chi connectivity index (χ3v) is 4.42. The molecule has 1 saturated heterocycles. The second-order valence-corrected chi connectivity index (χ2v) is 5.82. The van der Waals surface area contributed by atoms with E-state index in [4.69, 9.17) is 5.73 Å². The van der Waals surface area contributed by atoms with E-state index in [2.05, 4.69) is 0 Å². The lowest BCUT2D eigenvalue weighted by molar-refractivity contribution is -0.187. The zero-order valence-electron chi connectivity index (χ0n) is 11.4. The van der Waals surface area contributed by atoms with Gasteiger partial charge in [-0.3, -0.25) is 4.79 Å². The summed E-state index contributed by atoms with van der Waals surface area (Å²) in [6.45, 7) is 0.365. The normalized spacial score (nSPS) is 24.1. The molecule has 20 heavy (non-hydrogen) atoms. The molecule has 1 saturated carbocycles. The Hall–Kier alpha value is -0.490. The van der Waals surface area contributed by atoms with E-state index in [9.17, 15) is 18.0 Å². The van der Waals surface area contributed by atoms with Gasteiger partial charge in [-0.15, -0.1) is 12.4 Å². The smallest absolute Gasteiger partial charge is 0.341 e. The summed E-state index contributed by atoms with van der Waals surface area (Å²) in [5, 5.41) is 0. The summed E-state index contributed by atoms with van der Waals surface area (Å²) >= 11 is 0. The highest BCUT2D eigenvalue weighted by molar-refractivity contribution is 5.86. The maximum absolute atomic E-state index is 12.6. The van der Waals surface area contributed by atoms with Crippen LogP contribution in [-0.2, 0) is 4.79 Å². The first-order chi connectivity index (χ1) is 8.83. The molecule has 0 aromatic rings. The predicted molar refractivity (Wildman–Crippen MR) is 72.6 cm³/mol. The number of hydrogen-bond acceptors (Lipinski definition) is 2. The monoisotopic (exact) mass is 314 g/mol. The van der Waals surface area contributed by atoms with E-state index in [-0.39, 0.29) is 44.2 Å². The van der Waals surface area contributed by atoms with Crippen molar-refractivity contribution in [2.75, 3.05) is 13.1 Å². The molecule has 1 aliphatic carbocycles. The molecule has 1 heterocycles. The number of carbonyl (C=O) groups excluding carboxylic acids is 1. The number of hydrogen-bond donors (Lipinski definition) is 1. The molecule has 2 N–H and O–H groups in total. The van der Waals surface area contributed by atoms with Crippen LogP contribution >= 0.6 is 12.4 Å². The fraction of sp³-hybridized carbons (Fsp3) is 0.923. The number of halogens is 4. The molecule has 0 bridgehead atoms. The lowest BCUT2D eigenvalue weighted by Crippen LogP contribution is -2.58. The Morgan fingerprint density at radius 1 is 1.10 bits per heavy atom. The van der Waals surface area contributed by atoms with Gasteiger partial charge in [-0.2, -0.15) is 13.2 Å². The lowest BCUT2D eigenvalue weighted by atomic mass is 9.81. The van der Waals surface area contributed by atoms with Crippen LogP contribution < -0.4 is 5.73 Å². The summed E-state index contributed by atoms with van der Waals surface area (Å²) in [5.74, 6) is -1.41. The predicted octanol–water partition coefficient (Wildman–Crippen LogP) is 2.87. The summed E-state index contributed by atoms with van der Waals surface area (Å²) < 4.78 is 37.7. The van der Waals surface area contributed by atoms with Crippen LogP contribution in [0.15, 0.2) is 0 Å². The third-order valence-electron chi connectivity index (χ3n) is 4.42. The summed E-state index contributed by atoms with van der Waals surface area (Å²) in [5.41, 5.74) is 5.31. The number of rotatable bonds is 1. The number of amides is 1. The molecule has 2 aliphatic rings. The van der Waals surface area contributed by atoms with Crippen LogP contribution in [0.3, 0.4) is 0 Å². The number of carbonyl (C=O) groups is 1. The van der Waals surface area contributed by atoms with Gasteiger partial charge in [0.15, 0.2) is 0 Å². The first-order valence-corrected chi connectivity index (χ1v) is 6.98. The van der Waals surface area contributed by atoms with Crippen LogP contribution in [0.5, 0.6) is 0 Å². The van der Waals surface area contributed by atoms with Crippen LogP contribution in [0.4, 0.5) is 13.2 Å². The van der Waals surface area contributed by atoms with Gasteiger partial charge < -0.3 is 10.6 Å². The van der Waals surface area contributed by atoms with Gasteiger partial charge in [0.25, 0.3) is 0 Å². The Morgan fingerprint density at radius 3 is 2.05 bits per heavy atom. The second kappa shape index (κ2) is 6.52. The third kappa shape index (κ3) is 3.79. The van der Waals surface area contributed by atoms with E-state index in [1.807, 2.05) is 0 Å². The van der Waals surface area contributed by atoms with Gasteiger partial charge in [0.1, 0.15) is 0 Å². The van der Waals surface area contributed by atoms with Crippen molar-refractivity contribution in [3.63, 3.8) is 0 Å². The van der Waals surface area contributed by atoms with E-state index in [1.54, 1.807) is 0 Å². The zero-order valence-corrected chi connectivity index (χ0v) is 12.2. The highest BCUT2D eigenvalue weighted by Gasteiger charge is 2.44. The topological polar surface area (TPSA) is 46.3 Å². The molecule has 2 fully saturated rings. The first kappa shape index (κ1) is 17.6. The number of nitrogens with two attached hydrogens (primary N) is 1. The van der Waals surface area contributed by atoms with Crippen molar-refractivity contribution < 1.29 is 18.0 Å². The van der Waals surface area contributed by atoms with Gasteiger partial charge in [0.2, 0.25) is 5.91 Å². The minimum absolute atomic E-state index is 0. The number of nitrogens with zero attached hydrogens (tertiary/aromatic N) is 1. The Labute approximate surface area is 123 Å². The molecule has 118 valence electrons. The SMILES string of the molecule is Cl.NC1(C(=O)N2CCC(C(F)(F)F)CC2)CCCCC1. The molecule has 0 radical (unpaired) electrons. The van der Waals surface area contributed by atoms with E-state index in [0.29, 0.717) is 12.8 Å². The Kier molecular flexibility index (Phi) is 5.72. The number of piperidine rings is 1. The van der Waals surface area contributed by atoms with Crippen molar-refractivity contribution in [1.82, 2.24) is 4.90 Å². The fourth-order valence-electron chi connectivity index (χ4n) is 3.12. The van der Waals surface area contributed by atoms with E-state index in [1.165, 1.54) is 4.90 Å². The molecular formula is C13H22ClF3N2O. The Bertz CT molecular complexity index is 335. The van der Waals surface area contributed by atoms with Crippen molar-refractivity contribution in [2.45, 2.75) is 56.7 Å². The highest BCUT2D eigenvalue weighted by atomic mass is 35.5. The van der Waals surface area contributed by atoms with Crippen LogP contribution in [-0.4, -0.2) is 35.6 Å². The van der Waals surface area contributed by atoms with Gasteiger partial charge in [-0.05, 0) is 25.7 Å². The quantitative estimate of drug-likeness (QED) is 0.809. The molecule has 0 aromatic heterocycles. The van der Waals surface area contributed by atoms with Gasteiger partial charge in [0, 0.05) is 13.1 Å². The molecule has 0 aromatic carbocycles. The molecule has 3 nitrogen and oxygen atoms in total. The molecule has 0 spiro atoms. The van der Waals surface area contributed by atoms with Crippen molar-refractivity contribution >= 4 is 18.3 Å². The standard InChI is InChI=1S/C13H21F3N2O.ClH/c14-13(15,16)10-4-8-18(9-5-10)11(19)12(17)6-2-1-3-7-12;/h10H,1-9,17H2;1H. The van der Waals surface area contributed by atoms with Crippen molar-refractivity contribution in [2.24, 2.45) is 11.7 Å². The van der Waals surface area contributed by atoms with Gasteiger partial charge in [-0.25, -0.2) is 0 Å². The summed E-state index contributed by atoms with van der Waals surface area (Å²) in [7, 11) is 0. The Morgan fingerprint density at radius 2 is 1.60 bits per heavy atom. The second-order valence-electron chi connectivity index (χ2n) is 5.82. The number of likely N-dealkylation sites (tertiary alicyclic amines) is 1. The molecule has 2 rings (SSSR count). The molecule has 1 amide bonds. The van der Waals surface area contributed by atoms with Crippen molar-refractivity contribution in [1.29, 1.82) is 0 Å². The van der Waals surface area contributed by atoms with E-state index >= 15 is 0 Å². The van der Waals surface area contributed by atoms with Crippen molar-refractivity contribution in [3.05, 3.63) is 0 Å². The number of alkyl halides is 3. The summed E-state index contributed by atoms with van der Waals surface area (Å²) in [6.07, 6.45) is 0.137. The average molecular weight is 315 g/mol. The fourth-order valence-corrected chi connectivity index (χ4v) is 3.12. The minimum atomic E-state index is -4.14. The summed E-state index contributed by atoms with van der Waals surface area (Å²) in [4.78, 5) is 13.9. The van der Waals surface area contributed by atoms with Crippen LogP contribution in [0, 0.1) is 5.92 Å². The highest BCUT2D eigenvalue weighted by Crippen LogP contribution is 2.35. The van der Waals surface area contributed by atoms with Crippen LogP contribution in [0.25, 0.3) is 0 Å². The summed E-state index contributed by atoms with van der Waals surface area (Å²) in [6, 6.07) is 0. The van der Waals surface area contributed by atoms with Gasteiger partial charge in [-0.1, -0.05) is 19.3 Å². The van der Waals surface area contributed by atoms with Crippen LogP contribution in [0.2, 0.25) is 0 Å². The average Bonchev–Trinajstić information content (AvgIpc) is 2.38. The van der Waals surface area contributed by atoms with E-state index in [0.717, 1.165) is 19.3 Å².